The Morgan fingerprint density at radius 3 is 2.85 bits per heavy atom. The Bertz CT molecular complexity index is 315. The van der Waals surface area contributed by atoms with E-state index in [1.807, 2.05) is 0 Å². The predicted molar refractivity (Wildman–Crippen MR) is 45.4 cm³/mol. The van der Waals surface area contributed by atoms with Crippen LogP contribution in [0.1, 0.15) is 10.4 Å². The zero-order valence-corrected chi connectivity index (χ0v) is 6.97. The van der Waals surface area contributed by atoms with Crippen LogP contribution >= 0.6 is 0 Å². The van der Waals surface area contributed by atoms with E-state index < -0.39 is 13.1 Å². The molecule has 2 N–H and O–H groups in total. The zero-order valence-electron chi connectivity index (χ0n) is 6.97. The molecule has 5 nitrogen and oxygen atoms in total. The third kappa shape index (κ3) is 2.04. The van der Waals surface area contributed by atoms with E-state index in [9.17, 15) is 4.79 Å². The lowest BCUT2D eigenvalue weighted by Gasteiger charge is -2.04. The van der Waals surface area contributed by atoms with Crippen molar-refractivity contribution in [2.24, 2.45) is 0 Å². The van der Waals surface area contributed by atoms with E-state index in [2.05, 4.69) is 9.72 Å². The van der Waals surface area contributed by atoms with E-state index in [1.165, 1.54) is 25.6 Å². The van der Waals surface area contributed by atoms with Gasteiger partial charge in [0.1, 0.15) is 0 Å². The van der Waals surface area contributed by atoms with Crippen molar-refractivity contribution < 1.29 is 19.6 Å². The number of esters is 1. The first-order chi connectivity index (χ1) is 6.16. The third-order valence-corrected chi connectivity index (χ3v) is 1.54. The van der Waals surface area contributed by atoms with E-state index in [4.69, 9.17) is 10.0 Å². The average molecular weight is 181 g/mol. The van der Waals surface area contributed by atoms with Crippen molar-refractivity contribution in [1.82, 2.24) is 4.98 Å². The first-order valence-corrected chi connectivity index (χ1v) is 3.55. The molecule has 6 heteroatoms. The summed E-state index contributed by atoms with van der Waals surface area (Å²) in [5.74, 6) is -0.620. The quantitative estimate of drug-likeness (QED) is 0.430. The first-order valence-electron chi connectivity index (χ1n) is 3.55. The standard InChI is InChI=1S/C7H8BNO4/c1-13-7(10)5-2-3-9-4-6(5)8(11)12/h2-4,11-12H,1H3. The molecule has 0 radical (unpaired) electrons. The van der Waals surface area contributed by atoms with Crippen molar-refractivity contribution in [3.63, 3.8) is 0 Å². The fourth-order valence-electron chi connectivity index (χ4n) is 0.908. The Labute approximate surface area is 75.1 Å². The van der Waals surface area contributed by atoms with Gasteiger partial charge in [-0.3, -0.25) is 4.98 Å². The zero-order chi connectivity index (χ0) is 9.84. The molecule has 0 fully saturated rings. The highest BCUT2D eigenvalue weighted by atomic mass is 16.5. The van der Waals surface area contributed by atoms with E-state index in [0.717, 1.165) is 0 Å². The van der Waals surface area contributed by atoms with E-state index >= 15 is 0 Å². The SMILES string of the molecule is COC(=O)c1ccncc1B(O)O. The van der Waals surface area contributed by atoms with Gasteiger partial charge in [-0.1, -0.05) is 0 Å². The van der Waals surface area contributed by atoms with Crippen molar-refractivity contribution in [3.8, 4) is 0 Å². The number of carbonyl (C=O) groups is 1. The minimum absolute atomic E-state index is 0.0364. The van der Waals surface area contributed by atoms with Crippen LogP contribution < -0.4 is 5.46 Å². The highest BCUT2D eigenvalue weighted by Crippen LogP contribution is 1.96. The Balaban J connectivity index is 3.12. The van der Waals surface area contributed by atoms with Gasteiger partial charge in [-0.05, 0) is 6.07 Å². The van der Waals surface area contributed by atoms with Crippen LogP contribution in [-0.2, 0) is 4.74 Å². The van der Waals surface area contributed by atoms with Crippen molar-refractivity contribution in [2.45, 2.75) is 0 Å². The lowest BCUT2D eigenvalue weighted by molar-refractivity contribution is 0.0601. The Hall–Kier alpha value is -1.40. The highest BCUT2D eigenvalue weighted by molar-refractivity contribution is 6.60. The summed E-state index contributed by atoms with van der Waals surface area (Å²) in [5, 5.41) is 17.7. The van der Waals surface area contributed by atoms with Crippen LogP contribution in [0.2, 0.25) is 0 Å². The van der Waals surface area contributed by atoms with E-state index in [1.54, 1.807) is 0 Å². The van der Waals surface area contributed by atoms with Crippen LogP contribution in [0.3, 0.4) is 0 Å². The van der Waals surface area contributed by atoms with Crippen molar-refractivity contribution >= 4 is 18.6 Å². The number of pyridine rings is 1. The van der Waals surface area contributed by atoms with E-state index in [-0.39, 0.29) is 11.0 Å². The minimum Gasteiger partial charge on any atom is -0.465 e. The van der Waals surface area contributed by atoms with Crippen molar-refractivity contribution in [3.05, 3.63) is 24.0 Å². The molecule has 0 unspecified atom stereocenters. The second-order valence-corrected chi connectivity index (χ2v) is 2.33. The van der Waals surface area contributed by atoms with Crippen LogP contribution in [0.5, 0.6) is 0 Å². The number of ether oxygens (including phenoxy) is 1. The molecule has 0 saturated heterocycles. The summed E-state index contributed by atoms with van der Waals surface area (Å²) >= 11 is 0. The predicted octanol–water partition coefficient (Wildman–Crippen LogP) is -1.45. The summed E-state index contributed by atoms with van der Waals surface area (Å²) < 4.78 is 4.44. The van der Waals surface area contributed by atoms with Crippen LogP contribution in [0.15, 0.2) is 18.5 Å². The second-order valence-electron chi connectivity index (χ2n) is 2.33. The van der Waals surface area contributed by atoms with Gasteiger partial charge < -0.3 is 14.8 Å². The number of hydrogen-bond acceptors (Lipinski definition) is 5. The summed E-state index contributed by atoms with van der Waals surface area (Å²) in [6.07, 6.45) is 2.58. The maximum Gasteiger partial charge on any atom is 0.490 e. The molecule has 0 spiro atoms. The molecule has 0 aliphatic rings. The fraction of sp³-hybridized carbons (Fsp3) is 0.143. The van der Waals surface area contributed by atoms with Crippen LogP contribution in [-0.4, -0.2) is 35.2 Å². The number of hydrogen-bond donors (Lipinski definition) is 2. The minimum atomic E-state index is -1.72. The van der Waals surface area contributed by atoms with Gasteiger partial charge in [0.15, 0.2) is 0 Å². The van der Waals surface area contributed by atoms with Gasteiger partial charge in [0.05, 0.1) is 12.7 Å². The Morgan fingerprint density at radius 2 is 2.31 bits per heavy atom. The summed E-state index contributed by atoms with van der Waals surface area (Å²) in [6.45, 7) is 0. The molecule has 1 aromatic heterocycles. The molecule has 0 aliphatic carbocycles. The Morgan fingerprint density at radius 1 is 1.62 bits per heavy atom. The van der Waals surface area contributed by atoms with Gasteiger partial charge in [0.2, 0.25) is 0 Å². The third-order valence-electron chi connectivity index (χ3n) is 1.54. The molecular weight excluding hydrogens is 173 g/mol. The lowest BCUT2D eigenvalue weighted by Crippen LogP contribution is -2.35. The van der Waals surface area contributed by atoms with Gasteiger partial charge in [-0.2, -0.15) is 0 Å². The first kappa shape index (κ1) is 9.69. The molecule has 0 saturated carbocycles. The maximum absolute atomic E-state index is 11.1. The summed E-state index contributed by atoms with van der Waals surface area (Å²) in [7, 11) is -0.501. The van der Waals surface area contributed by atoms with E-state index in [0.29, 0.717) is 0 Å². The number of rotatable bonds is 2. The van der Waals surface area contributed by atoms with Crippen molar-refractivity contribution in [2.75, 3.05) is 7.11 Å². The number of aromatic nitrogens is 1. The van der Waals surface area contributed by atoms with Crippen molar-refractivity contribution in [1.29, 1.82) is 0 Å². The molecule has 0 atom stereocenters. The van der Waals surface area contributed by atoms with Gasteiger partial charge in [-0.25, -0.2) is 4.79 Å². The summed E-state index contributed by atoms with van der Waals surface area (Å²) in [6, 6.07) is 1.36. The molecule has 1 heterocycles. The molecule has 68 valence electrons. The average Bonchev–Trinajstić information content (AvgIpc) is 2.16. The number of carbonyl (C=O) groups excluding carboxylic acids is 1. The molecule has 1 rings (SSSR count). The van der Waals surface area contributed by atoms with Gasteiger partial charge in [-0.15, -0.1) is 0 Å². The molecule has 0 aliphatic heterocycles. The van der Waals surface area contributed by atoms with Crippen LogP contribution in [0.4, 0.5) is 0 Å². The largest absolute Gasteiger partial charge is 0.490 e. The lowest BCUT2D eigenvalue weighted by atomic mass is 9.78. The normalized spacial score (nSPS) is 9.46. The van der Waals surface area contributed by atoms with Gasteiger partial charge in [0.25, 0.3) is 0 Å². The molecule has 1 aromatic rings. The maximum atomic E-state index is 11.1. The summed E-state index contributed by atoms with van der Waals surface area (Å²) in [4.78, 5) is 14.7. The van der Waals surface area contributed by atoms with Crippen LogP contribution in [0.25, 0.3) is 0 Å². The monoisotopic (exact) mass is 181 g/mol. The smallest absolute Gasteiger partial charge is 0.465 e. The Kier molecular flexibility index (Phi) is 3.00. The van der Waals surface area contributed by atoms with Crippen LogP contribution in [0, 0.1) is 0 Å². The molecule has 0 bridgehead atoms. The van der Waals surface area contributed by atoms with Gasteiger partial charge >= 0.3 is 13.1 Å². The topological polar surface area (TPSA) is 79.7 Å². The van der Waals surface area contributed by atoms with Gasteiger partial charge in [0, 0.05) is 17.9 Å². The second kappa shape index (κ2) is 4.02. The summed E-state index contributed by atoms with van der Waals surface area (Å²) in [5.41, 5.74) is 0.141. The molecular formula is C7H8BNO4. The molecule has 13 heavy (non-hydrogen) atoms. The number of methoxy groups -OCH3 is 1. The fourth-order valence-corrected chi connectivity index (χ4v) is 0.908. The molecule has 0 aromatic carbocycles. The number of nitrogens with zero attached hydrogens (tertiary/aromatic N) is 1. The molecule has 0 amide bonds. The highest BCUT2D eigenvalue weighted by Gasteiger charge is 2.20.